The van der Waals surface area contributed by atoms with Gasteiger partial charge in [0, 0.05) is 0 Å². The van der Waals surface area contributed by atoms with E-state index in [4.69, 9.17) is 21.1 Å². The summed E-state index contributed by atoms with van der Waals surface area (Å²) in [5, 5.41) is 6.19. The number of hydrazone groups is 1. The van der Waals surface area contributed by atoms with Gasteiger partial charge in [-0.05, 0) is 48.4 Å². The fourth-order valence-electron chi connectivity index (χ4n) is 3.27. The fraction of sp³-hybridized carbons (Fsp3) is 0.120. The molecule has 4 rings (SSSR count). The van der Waals surface area contributed by atoms with Gasteiger partial charge in [0.2, 0.25) is 0 Å². The standard InChI is InChI=1S/C25H21ClN2O3/c1-17-20(25(29)28(27-17)22-11-7-6-10-21(22)26)14-19-12-13-23(24(15-19)30-2)31-16-18-8-4-3-5-9-18/h3-15H,16H2,1-2H3/b20-14-. The second kappa shape index (κ2) is 9.06. The molecular formula is C25H21ClN2O3. The van der Waals surface area contributed by atoms with Gasteiger partial charge in [-0.3, -0.25) is 4.79 Å². The summed E-state index contributed by atoms with van der Waals surface area (Å²) in [5.74, 6) is 0.997. The molecular weight excluding hydrogens is 412 g/mol. The minimum atomic E-state index is -0.228. The number of carbonyl (C=O) groups is 1. The minimum Gasteiger partial charge on any atom is -0.493 e. The highest BCUT2D eigenvalue weighted by Crippen LogP contribution is 2.33. The lowest BCUT2D eigenvalue weighted by Gasteiger charge is -2.13. The third-order valence-electron chi connectivity index (χ3n) is 4.88. The van der Waals surface area contributed by atoms with Gasteiger partial charge >= 0.3 is 0 Å². The van der Waals surface area contributed by atoms with Crippen molar-refractivity contribution in [2.45, 2.75) is 13.5 Å². The van der Waals surface area contributed by atoms with E-state index in [0.717, 1.165) is 11.1 Å². The predicted octanol–water partition coefficient (Wildman–Crippen LogP) is 5.73. The van der Waals surface area contributed by atoms with Crippen molar-refractivity contribution in [3.05, 3.63) is 94.5 Å². The van der Waals surface area contributed by atoms with E-state index < -0.39 is 0 Å². The first-order chi connectivity index (χ1) is 15.1. The number of halogens is 1. The number of hydrogen-bond donors (Lipinski definition) is 0. The van der Waals surface area contributed by atoms with Crippen LogP contribution < -0.4 is 14.5 Å². The average Bonchev–Trinajstić information content (AvgIpc) is 3.07. The largest absolute Gasteiger partial charge is 0.493 e. The Kier molecular flexibility index (Phi) is 6.05. The van der Waals surface area contributed by atoms with Crippen LogP contribution >= 0.6 is 11.6 Å². The van der Waals surface area contributed by atoms with Crippen molar-refractivity contribution >= 4 is 35.0 Å². The van der Waals surface area contributed by atoms with E-state index in [-0.39, 0.29) is 5.91 Å². The fourth-order valence-corrected chi connectivity index (χ4v) is 3.48. The van der Waals surface area contributed by atoms with Crippen LogP contribution in [-0.2, 0) is 11.4 Å². The normalized spacial score (nSPS) is 14.7. The lowest BCUT2D eigenvalue weighted by atomic mass is 10.1. The molecule has 31 heavy (non-hydrogen) atoms. The second-order valence-electron chi connectivity index (χ2n) is 7.00. The third kappa shape index (κ3) is 4.47. The topological polar surface area (TPSA) is 51.1 Å². The van der Waals surface area contributed by atoms with Crippen molar-refractivity contribution < 1.29 is 14.3 Å². The summed E-state index contributed by atoms with van der Waals surface area (Å²) in [6, 6.07) is 22.6. The Hall–Kier alpha value is -3.57. The molecule has 6 heteroatoms. The van der Waals surface area contributed by atoms with Gasteiger partial charge in [-0.1, -0.05) is 60.1 Å². The summed E-state index contributed by atoms with van der Waals surface area (Å²) in [7, 11) is 1.59. The molecule has 0 fully saturated rings. The number of benzene rings is 3. The number of nitrogens with zero attached hydrogens (tertiary/aromatic N) is 2. The van der Waals surface area contributed by atoms with E-state index >= 15 is 0 Å². The first-order valence-electron chi connectivity index (χ1n) is 9.78. The molecule has 0 spiro atoms. The molecule has 1 heterocycles. The summed E-state index contributed by atoms with van der Waals surface area (Å²) in [5.41, 5.74) is 3.55. The average molecular weight is 433 g/mol. The number of carbonyl (C=O) groups excluding carboxylic acids is 1. The molecule has 3 aromatic carbocycles. The van der Waals surface area contributed by atoms with E-state index in [9.17, 15) is 4.79 Å². The highest BCUT2D eigenvalue weighted by atomic mass is 35.5. The SMILES string of the molecule is COc1cc(/C=C2\C(=O)N(c3ccccc3Cl)N=C2C)ccc1OCc1ccccc1. The van der Waals surface area contributed by atoms with Gasteiger partial charge in [0.05, 0.1) is 29.1 Å². The van der Waals surface area contributed by atoms with Gasteiger partial charge in [0.15, 0.2) is 11.5 Å². The van der Waals surface area contributed by atoms with Crippen LogP contribution in [0.3, 0.4) is 0 Å². The van der Waals surface area contributed by atoms with Crippen LogP contribution in [0.5, 0.6) is 11.5 Å². The predicted molar refractivity (Wildman–Crippen MR) is 124 cm³/mol. The van der Waals surface area contributed by atoms with Gasteiger partial charge in [0.1, 0.15) is 6.61 Å². The number of anilines is 1. The van der Waals surface area contributed by atoms with Crippen LogP contribution in [-0.4, -0.2) is 18.7 Å². The smallest absolute Gasteiger partial charge is 0.280 e. The summed E-state index contributed by atoms with van der Waals surface area (Å²) in [4.78, 5) is 13.0. The quantitative estimate of drug-likeness (QED) is 0.467. The maximum Gasteiger partial charge on any atom is 0.280 e. The Morgan fingerprint density at radius 3 is 2.48 bits per heavy atom. The maximum absolute atomic E-state index is 13.0. The molecule has 0 aromatic heterocycles. The molecule has 0 aliphatic carbocycles. The molecule has 5 nitrogen and oxygen atoms in total. The summed E-state index contributed by atoms with van der Waals surface area (Å²) < 4.78 is 11.4. The van der Waals surface area contributed by atoms with Crippen molar-refractivity contribution in [3.8, 4) is 11.5 Å². The van der Waals surface area contributed by atoms with Gasteiger partial charge < -0.3 is 9.47 Å². The van der Waals surface area contributed by atoms with Crippen molar-refractivity contribution in [3.63, 3.8) is 0 Å². The molecule has 0 saturated heterocycles. The second-order valence-corrected chi connectivity index (χ2v) is 7.40. The van der Waals surface area contributed by atoms with Gasteiger partial charge in [-0.25, -0.2) is 0 Å². The maximum atomic E-state index is 13.0. The summed E-state index contributed by atoms with van der Waals surface area (Å²) in [6.45, 7) is 2.24. The van der Waals surface area contributed by atoms with Crippen LogP contribution in [0, 0.1) is 0 Å². The Balaban J connectivity index is 1.56. The van der Waals surface area contributed by atoms with Crippen LogP contribution in [0.2, 0.25) is 5.02 Å². The number of amides is 1. The molecule has 1 aliphatic heterocycles. The molecule has 0 saturated carbocycles. The lowest BCUT2D eigenvalue weighted by Crippen LogP contribution is -2.21. The lowest BCUT2D eigenvalue weighted by molar-refractivity contribution is -0.114. The van der Waals surface area contributed by atoms with Crippen molar-refractivity contribution in [1.29, 1.82) is 0 Å². The first kappa shape index (κ1) is 20.7. The van der Waals surface area contributed by atoms with E-state index in [0.29, 0.717) is 40.1 Å². The Morgan fingerprint density at radius 2 is 1.74 bits per heavy atom. The Bertz CT molecular complexity index is 1170. The van der Waals surface area contributed by atoms with E-state index in [1.807, 2.05) is 60.7 Å². The van der Waals surface area contributed by atoms with E-state index in [2.05, 4.69) is 5.10 Å². The Labute approximate surface area is 186 Å². The molecule has 0 N–H and O–H groups in total. The van der Waals surface area contributed by atoms with Crippen LogP contribution in [0.25, 0.3) is 6.08 Å². The zero-order valence-corrected chi connectivity index (χ0v) is 18.0. The molecule has 3 aromatic rings. The molecule has 0 radical (unpaired) electrons. The molecule has 156 valence electrons. The summed E-state index contributed by atoms with van der Waals surface area (Å²) in [6.07, 6.45) is 1.79. The highest BCUT2D eigenvalue weighted by Gasteiger charge is 2.29. The zero-order chi connectivity index (χ0) is 21.8. The molecule has 0 bridgehead atoms. The monoisotopic (exact) mass is 432 g/mol. The highest BCUT2D eigenvalue weighted by molar-refractivity contribution is 6.37. The number of hydrogen-bond acceptors (Lipinski definition) is 4. The number of rotatable bonds is 6. The molecule has 0 atom stereocenters. The van der Waals surface area contributed by atoms with Crippen LogP contribution in [0.15, 0.2) is 83.5 Å². The number of ether oxygens (including phenoxy) is 2. The van der Waals surface area contributed by atoms with Crippen LogP contribution in [0.4, 0.5) is 5.69 Å². The zero-order valence-electron chi connectivity index (χ0n) is 17.2. The van der Waals surface area contributed by atoms with Gasteiger partial charge in [0.25, 0.3) is 5.91 Å². The van der Waals surface area contributed by atoms with Gasteiger partial charge in [-0.2, -0.15) is 10.1 Å². The van der Waals surface area contributed by atoms with Gasteiger partial charge in [-0.15, -0.1) is 0 Å². The minimum absolute atomic E-state index is 0.228. The first-order valence-corrected chi connectivity index (χ1v) is 10.2. The number of para-hydroxylation sites is 1. The molecule has 1 amide bonds. The third-order valence-corrected chi connectivity index (χ3v) is 5.20. The Morgan fingerprint density at radius 1 is 1.00 bits per heavy atom. The van der Waals surface area contributed by atoms with Crippen molar-refractivity contribution in [2.24, 2.45) is 5.10 Å². The van der Waals surface area contributed by atoms with Crippen molar-refractivity contribution in [2.75, 3.05) is 12.1 Å². The van der Waals surface area contributed by atoms with E-state index in [1.165, 1.54) is 5.01 Å². The summed E-state index contributed by atoms with van der Waals surface area (Å²) >= 11 is 6.24. The van der Waals surface area contributed by atoms with Crippen molar-refractivity contribution in [1.82, 2.24) is 0 Å². The van der Waals surface area contributed by atoms with Crippen LogP contribution in [0.1, 0.15) is 18.1 Å². The number of methoxy groups -OCH3 is 1. The molecule has 1 aliphatic rings. The van der Waals surface area contributed by atoms with E-state index in [1.54, 1.807) is 32.2 Å². The molecule has 0 unspecified atom stereocenters.